The summed E-state index contributed by atoms with van der Waals surface area (Å²) in [5, 5.41) is 7.67. The summed E-state index contributed by atoms with van der Waals surface area (Å²) in [6.07, 6.45) is 13.8. The molecule has 0 aromatic heterocycles. The topological polar surface area (TPSA) is 3.24 Å². The zero-order chi connectivity index (χ0) is 41.4. The first-order valence-electron chi connectivity index (χ1n) is 22.3. The molecule has 0 radical (unpaired) electrons. The number of fused-ring (bicyclic) bond motifs is 9. The van der Waals surface area contributed by atoms with Gasteiger partial charge in [0.2, 0.25) is 0 Å². The largest absolute Gasteiger partial charge is 0.310 e. The van der Waals surface area contributed by atoms with Crippen LogP contribution in [0.2, 0.25) is 0 Å². The maximum Gasteiger partial charge on any atom is 0.0677 e. The molecule has 0 amide bonds. The van der Waals surface area contributed by atoms with E-state index in [0.717, 1.165) is 18.5 Å². The van der Waals surface area contributed by atoms with Crippen molar-refractivity contribution in [2.75, 3.05) is 4.90 Å². The number of rotatable bonds is 6. The maximum atomic E-state index is 2.61. The Bertz CT molecular complexity index is 3330. The third kappa shape index (κ3) is 5.47. The fourth-order valence-corrected chi connectivity index (χ4v) is 11.4. The minimum Gasteiger partial charge on any atom is -0.310 e. The lowest BCUT2D eigenvalue weighted by Gasteiger charge is -2.38. The molecule has 9 aromatic rings. The molecule has 1 nitrogen and oxygen atoms in total. The SMILES string of the molecule is CC1C=CC=C(C2(c3ccccc3)c3ccccc3-c3c(N(c4ccc(-c5cc6ccccc6c6ccccc56)cc4)c4cc5ccccc5c5c4C(C)CC=C5)cccc32)C1. The third-order valence-electron chi connectivity index (χ3n) is 14.1. The van der Waals surface area contributed by atoms with Crippen LogP contribution < -0.4 is 4.90 Å². The molecule has 3 aliphatic rings. The van der Waals surface area contributed by atoms with E-state index >= 15 is 0 Å². The van der Waals surface area contributed by atoms with Gasteiger partial charge in [-0.25, -0.2) is 0 Å². The van der Waals surface area contributed by atoms with Gasteiger partial charge in [0.25, 0.3) is 0 Å². The van der Waals surface area contributed by atoms with Crippen LogP contribution in [0.3, 0.4) is 0 Å². The van der Waals surface area contributed by atoms with Gasteiger partial charge < -0.3 is 4.90 Å². The Balaban J connectivity index is 1.15. The predicted molar refractivity (Wildman–Crippen MR) is 264 cm³/mol. The van der Waals surface area contributed by atoms with E-state index in [2.05, 4.69) is 231 Å². The lowest BCUT2D eigenvalue weighted by Crippen LogP contribution is -2.31. The van der Waals surface area contributed by atoms with Gasteiger partial charge in [-0.2, -0.15) is 0 Å². The molecular weight excluding hydrogens is 747 g/mol. The lowest BCUT2D eigenvalue weighted by molar-refractivity contribution is 0.615. The second kappa shape index (κ2) is 14.5. The molecule has 3 aliphatic carbocycles. The normalized spacial score (nSPS) is 18.7. The summed E-state index contributed by atoms with van der Waals surface area (Å²) < 4.78 is 0. The van der Waals surface area contributed by atoms with Gasteiger partial charge in [-0.15, -0.1) is 0 Å². The van der Waals surface area contributed by atoms with Gasteiger partial charge in [-0.05, 0) is 132 Å². The molecule has 0 saturated heterocycles. The Morgan fingerprint density at radius 3 is 2.03 bits per heavy atom. The van der Waals surface area contributed by atoms with Gasteiger partial charge >= 0.3 is 0 Å². The standard InChI is InChI=1S/C61H47N/c1-40-17-14-23-46(37-40)61(45-21-4-3-5-22-45)55-30-13-12-28-53(55)60-56(61)31-16-32-57(60)62(58-39-44-20-7-9-25-49(44)52-29-15-18-41(2)59(52)58)47-35-33-42(34-36-47)54-38-43-19-6-8-24-48(43)50-26-10-11-27-51(50)54/h3-17,19-36,38-41H,18,37H2,1-2H3. The molecule has 0 saturated carbocycles. The minimum absolute atomic E-state index is 0.341. The van der Waals surface area contributed by atoms with Crippen molar-refractivity contribution in [3.05, 3.63) is 240 Å². The van der Waals surface area contributed by atoms with Gasteiger partial charge in [-0.1, -0.05) is 201 Å². The number of allylic oxidation sites excluding steroid dienone is 5. The van der Waals surface area contributed by atoms with Crippen molar-refractivity contribution in [1.29, 1.82) is 0 Å². The summed E-state index contributed by atoms with van der Waals surface area (Å²) in [6, 6.07) is 68.5. The zero-order valence-electron chi connectivity index (χ0n) is 35.2. The second-order valence-electron chi connectivity index (χ2n) is 17.7. The summed E-state index contributed by atoms with van der Waals surface area (Å²) in [5.41, 5.74) is 16.5. The molecule has 3 atom stereocenters. The lowest BCUT2D eigenvalue weighted by atomic mass is 9.64. The van der Waals surface area contributed by atoms with Crippen LogP contribution >= 0.6 is 0 Å². The Kier molecular flexibility index (Phi) is 8.54. The molecular formula is C61H47N. The number of hydrogen-bond donors (Lipinski definition) is 0. The number of hydrogen-bond acceptors (Lipinski definition) is 1. The minimum atomic E-state index is -0.437. The van der Waals surface area contributed by atoms with Crippen molar-refractivity contribution in [3.63, 3.8) is 0 Å². The number of anilines is 3. The van der Waals surface area contributed by atoms with Gasteiger partial charge in [0.05, 0.1) is 16.8 Å². The van der Waals surface area contributed by atoms with Crippen LogP contribution in [-0.4, -0.2) is 0 Å². The van der Waals surface area contributed by atoms with Gasteiger partial charge in [0.1, 0.15) is 0 Å². The highest BCUT2D eigenvalue weighted by molar-refractivity contribution is 6.14. The number of nitrogens with zero attached hydrogens (tertiary/aromatic N) is 1. The van der Waals surface area contributed by atoms with Crippen molar-refractivity contribution in [1.82, 2.24) is 0 Å². The fourth-order valence-electron chi connectivity index (χ4n) is 11.4. The molecule has 1 heteroatoms. The Hall–Kier alpha value is -7.22. The smallest absolute Gasteiger partial charge is 0.0677 e. The van der Waals surface area contributed by atoms with Crippen molar-refractivity contribution < 1.29 is 0 Å². The van der Waals surface area contributed by atoms with E-state index in [-0.39, 0.29) is 0 Å². The van der Waals surface area contributed by atoms with Crippen LogP contribution in [0.4, 0.5) is 17.1 Å². The maximum absolute atomic E-state index is 2.61. The molecule has 0 spiro atoms. The zero-order valence-corrected chi connectivity index (χ0v) is 35.2. The number of benzene rings is 9. The van der Waals surface area contributed by atoms with Crippen molar-refractivity contribution >= 4 is 55.5 Å². The molecule has 296 valence electrons. The monoisotopic (exact) mass is 793 g/mol. The Labute approximate surface area is 364 Å². The first-order chi connectivity index (χ1) is 30.6. The summed E-state index contributed by atoms with van der Waals surface area (Å²) in [7, 11) is 0. The molecule has 9 aromatic carbocycles. The second-order valence-corrected chi connectivity index (χ2v) is 17.7. The Morgan fingerprint density at radius 1 is 0.548 bits per heavy atom. The quantitative estimate of drug-likeness (QED) is 0.152. The highest BCUT2D eigenvalue weighted by atomic mass is 15.1. The van der Waals surface area contributed by atoms with Crippen molar-refractivity contribution in [2.24, 2.45) is 5.92 Å². The van der Waals surface area contributed by atoms with E-state index in [1.807, 2.05) is 0 Å². The van der Waals surface area contributed by atoms with E-state index in [0.29, 0.717) is 11.8 Å². The first kappa shape index (κ1) is 36.6. The molecule has 0 N–H and O–H groups in total. The average Bonchev–Trinajstić information content (AvgIpc) is 3.64. The van der Waals surface area contributed by atoms with Crippen LogP contribution in [0.5, 0.6) is 0 Å². The van der Waals surface area contributed by atoms with Crippen molar-refractivity contribution in [3.8, 4) is 22.3 Å². The highest BCUT2D eigenvalue weighted by Gasteiger charge is 2.48. The van der Waals surface area contributed by atoms with Crippen LogP contribution in [0.25, 0.3) is 60.6 Å². The van der Waals surface area contributed by atoms with E-state index in [1.165, 1.54) is 99.3 Å². The van der Waals surface area contributed by atoms with Gasteiger partial charge in [-0.3, -0.25) is 0 Å². The van der Waals surface area contributed by atoms with Crippen LogP contribution in [0.1, 0.15) is 60.4 Å². The molecule has 62 heavy (non-hydrogen) atoms. The molecule has 0 heterocycles. The summed E-state index contributed by atoms with van der Waals surface area (Å²) in [4.78, 5) is 2.61. The summed E-state index contributed by atoms with van der Waals surface area (Å²) in [5.74, 6) is 0.789. The molecule has 0 fully saturated rings. The average molecular weight is 794 g/mol. The van der Waals surface area contributed by atoms with E-state index < -0.39 is 5.41 Å². The summed E-state index contributed by atoms with van der Waals surface area (Å²) in [6.45, 7) is 4.76. The van der Waals surface area contributed by atoms with E-state index in [9.17, 15) is 0 Å². The van der Waals surface area contributed by atoms with Crippen LogP contribution in [0, 0.1) is 5.92 Å². The Morgan fingerprint density at radius 2 is 1.23 bits per heavy atom. The molecule has 12 rings (SSSR count). The van der Waals surface area contributed by atoms with Crippen LogP contribution in [-0.2, 0) is 5.41 Å². The van der Waals surface area contributed by atoms with E-state index in [1.54, 1.807) is 0 Å². The fraction of sp³-hybridized carbons (Fsp3) is 0.115. The highest BCUT2D eigenvalue weighted by Crippen LogP contribution is 2.61. The third-order valence-corrected chi connectivity index (χ3v) is 14.1. The van der Waals surface area contributed by atoms with Crippen LogP contribution in [0.15, 0.2) is 212 Å². The molecule has 0 bridgehead atoms. The molecule has 0 aliphatic heterocycles. The molecule has 3 unspecified atom stereocenters. The first-order valence-corrected chi connectivity index (χ1v) is 22.3. The van der Waals surface area contributed by atoms with Gasteiger partial charge in [0.15, 0.2) is 0 Å². The van der Waals surface area contributed by atoms with E-state index in [4.69, 9.17) is 0 Å². The summed E-state index contributed by atoms with van der Waals surface area (Å²) >= 11 is 0. The van der Waals surface area contributed by atoms with Crippen molar-refractivity contribution in [2.45, 2.75) is 38.0 Å². The van der Waals surface area contributed by atoms with Gasteiger partial charge in [0, 0.05) is 11.3 Å². The predicted octanol–water partition coefficient (Wildman–Crippen LogP) is 16.6.